The molecule has 3 aromatic carbocycles. The molecule has 0 aromatic heterocycles. The molecule has 0 heterocycles. The number of ether oxygens (including phenoxy) is 2. The lowest BCUT2D eigenvalue weighted by molar-refractivity contribution is -0.118. The molecule has 0 radical (unpaired) electrons. The minimum Gasteiger partial charge on any atom is -0.490 e. The molecule has 5 nitrogen and oxygen atoms in total. The molecule has 0 aliphatic heterocycles. The summed E-state index contributed by atoms with van der Waals surface area (Å²) in [7, 11) is 0. The number of benzene rings is 3. The summed E-state index contributed by atoms with van der Waals surface area (Å²) in [6.07, 6.45) is 0. The van der Waals surface area contributed by atoms with Crippen molar-refractivity contribution >= 4 is 52.1 Å². The van der Waals surface area contributed by atoms with Gasteiger partial charge in [0.1, 0.15) is 0 Å². The highest BCUT2D eigenvalue weighted by Crippen LogP contribution is 2.34. The van der Waals surface area contributed by atoms with Crippen LogP contribution in [0.3, 0.4) is 0 Å². The fourth-order valence-electron chi connectivity index (χ4n) is 2.92. The molecule has 8 heteroatoms. The Morgan fingerprint density at radius 1 is 0.875 bits per heavy atom. The maximum Gasteiger partial charge on any atom is 0.262 e. The van der Waals surface area contributed by atoms with E-state index in [0.717, 1.165) is 16.8 Å². The molecule has 0 spiro atoms. The second kappa shape index (κ2) is 11.3. The van der Waals surface area contributed by atoms with Gasteiger partial charge in [-0.05, 0) is 55.8 Å². The highest BCUT2D eigenvalue weighted by atomic mass is 35.5. The van der Waals surface area contributed by atoms with E-state index in [1.54, 1.807) is 30.3 Å². The largest absolute Gasteiger partial charge is 0.490 e. The first-order valence-corrected chi connectivity index (χ1v) is 11.1. The zero-order valence-electron chi connectivity index (χ0n) is 17.7. The quantitative estimate of drug-likeness (QED) is 0.337. The highest BCUT2D eigenvalue weighted by molar-refractivity contribution is 6.35. The zero-order chi connectivity index (χ0) is 23.1. The van der Waals surface area contributed by atoms with Gasteiger partial charge < -0.3 is 20.1 Å². The van der Waals surface area contributed by atoms with Crippen LogP contribution >= 0.6 is 34.8 Å². The molecule has 1 amide bonds. The molecule has 0 saturated carbocycles. The third-order valence-corrected chi connectivity index (χ3v) is 5.24. The molecule has 0 atom stereocenters. The number of aryl methyl sites for hydroxylation is 1. The molecule has 32 heavy (non-hydrogen) atoms. The van der Waals surface area contributed by atoms with Crippen LogP contribution in [0, 0.1) is 6.92 Å². The Hall–Kier alpha value is -2.60. The van der Waals surface area contributed by atoms with Crippen molar-refractivity contribution in [2.24, 2.45) is 0 Å². The average molecular weight is 494 g/mol. The SMILES string of the molecule is CCOc1cc(CNc2cc(Cl)cc(Cl)c2)c(Cl)cc1OCC(=O)Nc1ccc(C)cc1. The maximum atomic E-state index is 12.3. The molecule has 2 N–H and O–H groups in total. The second-order valence-electron chi connectivity index (χ2n) is 7.04. The first-order valence-electron chi connectivity index (χ1n) is 9.98. The Morgan fingerprint density at radius 3 is 2.19 bits per heavy atom. The van der Waals surface area contributed by atoms with Crippen LogP contribution in [-0.4, -0.2) is 19.1 Å². The molecule has 0 bridgehead atoms. The maximum absolute atomic E-state index is 12.3. The van der Waals surface area contributed by atoms with Crippen LogP contribution in [0.4, 0.5) is 11.4 Å². The monoisotopic (exact) mass is 492 g/mol. The van der Waals surface area contributed by atoms with Gasteiger partial charge in [-0.1, -0.05) is 52.5 Å². The lowest BCUT2D eigenvalue weighted by Gasteiger charge is -2.16. The van der Waals surface area contributed by atoms with Crippen LogP contribution in [0.25, 0.3) is 0 Å². The summed E-state index contributed by atoms with van der Waals surface area (Å²) in [5.74, 6) is 0.613. The molecule has 3 rings (SSSR count). The Morgan fingerprint density at radius 2 is 1.53 bits per heavy atom. The summed E-state index contributed by atoms with van der Waals surface area (Å²) in [6.45, 7) is 4.53. The van der Waals surface area contributed by atoms with Gasteiger partial charge in [-0.25, -0.2) is 0 Å². The van der Waals surface area contributed by atoms with E-state index < -0.39 is 0 Å². The van der Waals surface area contributed by atoms with Crippen LogP contribution in [0.1, 0.15) is 18.1 Å². The van der Waals surface area contributed by atoms with E-state index in [4.69, 9.17) is 44.3 Å². The van der Waals surface area contributed by atoms with Crippen LogP contribution in [0.5, 0.6) is 11.5 Å². The van der Waals surface area contributed by atoms with Gasteiger partial charge in [-0.3, -0.25) is 4.79 Å². The summed E-state index contributed by atoms with van der Waals surface area (Å²) in [5, 5.41) is 7.58. The number of nitrogens with one attached hydrogen (secondary N) is 2. The Labute approximate surface area is 202 Å². The van der Waals surface area contributed by atoms with Crippen molar-refractivity contribution in [1.82, 2.24) is 0 Å². The number of rotatable bonds is 9. The number of amides is 1. The van der Waals surface area contributed by atoms with Crippen molar-refractivity contribution < 1.29 is 14.3 Å². The van der Waals surface area contributed by atoms with Gasteiger partial charge in [0.2, 0.25) is 0 Å². The predicted molar refractivity (Wildman–Crippen MR) is 132 cm³/mol. The Kier molecular flexibility index (Phi) is 8.51. The van der Waals surface area contributed by atoms with Gasteiger partial charge >= 0.3 is 0 Å². The van der Waals surface area contributed by atoms with Gasteiger partial charge in [0.05, 0.1) is 6.61 Å². The van der Waals surface area contributed by atoms with Crippen molar-refractivity contribution in [3.63, 3.8) is 0 Å². The summed E-state index contributed by atoms with van der Waals surface area (Å²) in [4.78, 5) is 12.3. The summed E-state index contributed by atoms with van der Waals surface area (Å²) < 4.78 is 11.4. The van der Waals surface area contributed by atoms with Gasteiger partial charge in [0.15, 0.2) is 18.1 Å². The van der Waals surface area contributed by atoms with E-state index in [2.05, 4.69) is 10.6 Å². The zero-order valence-corrected chi connectivity index (χ0v) is 19.9. The molecule has 3 aromatic rings. The van der Waals surface area contributed by atoms with Crippen molar-refractivity contribution in [3.05, 3.63) is 80.8 Å². The highest BCUT2D eigenvalue weighted by Gasteiger charge is 2.13. The number of carbonyl (C=O) groups is 1. The van der Waals surface area contributed by atoms with Crippen LogP contribution in [0.2, 0.25) is 15.1 Å². The van der Waals surface area contributed by atoms with E-state index >= 15 is 0 Å². The standard InChI is InChI=1S/C24H23Cl3N2O3/c1-3-31-22-8-16(13-28-20-10-17(25)9-18(26)11-20)21(27)12-23(22)32-14-24(30)29-19-6-4-15(2)5-7-19/h4-12,28H,3,13-14H2,1-2H3,(H,29,30). The number of hydrogen-bond donors (Lipinski definition) is 2. The fraction of sp³-hybridized carbons (Fsp3) is 0.208. The van der Waals surface area contributed by atoms with Crippen molar-refractivity contribution in [2.45, 2.75) is 20.4 Å². The Bertz CT molecular complexity index is 1070. The minimum atomic E-state index is -0.281. The number of hydrogen-bond acceptors (Lipinski definition) is 4. The molecule has 0 aliphatic carbocycles. The number of anilines is 2. The molecule has 0 saturated heterocycles. The van der Waals surface area contributed by atoms with Gasteiger partial charge in [-0.15, -0.1) is 0 Å². The lowest BCUT2D eigenvalue weighted by atomic mass is 10.2. The third-order valence-electron chi connectivity index (χ3n) is 4.45. The predicted octanol–water partition coefficient (Wildman–Crippen LogP) is 6.98. The van der Waals surface area contributed by atoms with Gasteiger partial charge in [-0.2, -0.15) is 0 Å². The van der Waals surface area contributed by atoms with Crippen LogP contribution in [-0.2, 0) is 11.3 Å². The number of carbonyl (C=O) groups excluding carboxylic acids is 1. The summed E-state index contributed by atoms with van der Waals surface area (Å²) in [6, 6.07) is 16.2. The van der Waals surface area contributed by atoms with E-state index in [1.807, 2.05) is 38.1 Å². The molecular weight excluding hydrogens is 471 g/mol. The summed E-state index contributed by atoms with van der Waals surface area (Å²) in [5.41, 5.74) is 3.38. The van der Waals surface area contributed by atoms with Gasteiger partial charge in [0, 0.05) is 39.1 Å². The fourth-order valence-corrected chi connectivity index (χ4v) is 3.67. The van der Waals surface area contributed by atoms with Crippen molar-refractivity contribution in [3.8, 4) is 11.5 Å². The molecule has 0 fully saturated rings. The van der Waals surface area contributed by atoms with E-state index in [-0.39, 0.29) is 12.5 Å². The lowest BCUT2D eigenvalue weighted by Crippen LogP contribution is -2.20. The molecular formula is C24H23Cl3N2O3. The van der Waals surface area contributed by atoms with Crippen LogP contribution < -0.4 is 20.1 Å². The normalized spacial score (nSPS) is 10.5. The minimum absolute atomic E-state index is 0.178. The number of halogens is 3. The topological polar surface area (TPSA) is 59.6 Å². The van der Waals surface area contributed by atoms with Crippen LogP contribution in [0.15, 0.2) is 54.6 Å². The molecule has 0 unspecified atom stereocenters. The van der Waals surface area contributed by atoms with Crippen molar-refractivity contribution in [1.29, 1.82) is 0 Å². The first kappa shape index (κ1) is 24.1. The smallest absolute Gasteiger partial charge is 0.262 e. The van der Waals surface area contributed by atoms with Gasteiger partial charge in [0.25, 0.3) is 5.91 Å². The van der Waals surface area contributed by atoms with E-state index in [0.29, 0.717) is 45.4 Å². The van der Waals surface area contributed by atoms with Crippen molar-refractivity contribution in [2.75, 3.05) is 23.8 Å². The average Bonchev–Trinajstić information content (AvgIpc) is 2.74. The molecule has 0 aliphatic rings. The first-order chi connectivity index (χ1) is 15.3. The van der Waals surface area contributed by atoms with E-state index in [1.165, 1.54) is 0 Å². The molecule has 168 valence electrons. The third kappa shape index (κ3) is 6.95. The second-order valence-corrected chi connectivity index (χ2v) is 8.32. The van der Waals surface area contributed by atoms with E-state index in [9.17, 15) is 4.79 Å². The summed E-state index contributed by atoms with van der Waals surface area (Å²) >= 11 is 18.6. The Balaban J connectivity index is 1.67.